The Morgan fingerprint density at radius 1 is 1.18 bits per heavy atom. The molecule has 3 rings (SSSR count). The Bertz CT molecular complexity index is 1110. The van der Waals surface area contributed by atoms with Crippen LogP contribution in [-0.4, -0.2) is 25.9 Å². The predicted molar refractivity (Wildman–Crippen MR) is 113 cm³/mol. The van der Waals surface area contributed by atoms with Gasteiger partial charge < -0.3 is 11.1 Å². The Labute approximate surface area is 167 Å². The van der Waals surface area contributed by atoms with Gasteiger partial charge in [0, 0.05) is 42.2 Å². The van der Waals surface area contributed by atoms with E-state index in [1.807, 2.05) is 12.1 Å². The second-order valence-corrected chi connectivity index (χ2v) is 8.81. The molecule has 28 heavy (non-hydrogen) atoms. The van der Waals surface area contributed by atoms with E-state index in [1.165, 1.54) is 24.3 Å². The molecular formula is C19H20N4O3S2. The number of nitrogens with zero attached hydrogens (tertiary/aromatic N) is 1. The van der Waals surface area contributed by atoms with Gasteiger partial charge in [-0.1, -0.05) is 13.0 Å². The Kier molecular flexibility index (Phi) is 5.78. The number of hydrogen-bond donors (Lipinski definition) is 3. The number of aromatic nitrogens is 1. The first-order valence-corrected chi connectivity index (χ1v) is 10.8. The number of thiazole rings is 1. The minimum absolute atomic E-state index is 0.0908. The summed E-state index contributed by atoms with van der Waals surface area (Å²) in [6.07, 6.45) is 1.65. The Morgan fingerprint density at radius 2 is 1.89 bits per heavy atom. The SMILES string of the molecule is CCNS(=O)(=O)c1cc(NC(C)=O)ccc1-c1cnc(-c2ccc(N)cc2)s1. The summed E-state index contributed by atoms with van der Waals surface area (Å²) >= 11 is 1.38. The van der Waals surface area contributed by atoms with Crippen molar-refractivity contribution in [2.24, 2.45) is 0 Å². The summed E-state index contributed by atoms with van der Waals surface area (Å²) in [4.78, 5) is 16.6. The molecule has 0 spiro atoms. The standard InChI is InChI=1S/C19H20N4O3S2/c1-3-22-28(25,26)18-10-15(23-12(2)24)8-9-16(18)17-11-21-19(27-17)13-4-6-14(20)7-5-13/h4-11,22H,3,20H2,1-2H3,(H,23,24). The molecule has 0 bridgehead atoms. The normalized spacial score (nSPS) is 11.4. The fourth-order valence-corrected chi connectivity index (χ4v) is 4.97. The third-order valence-electron chi connectivity index (χ3n) is 3.85. The molecule has 3 aromatic rings. The highest BCUT2D eigenvalue weighted by molar-refractivity contribution is 7.89. The first-order valence-electron chi connectivity index (χ1n) is 8.53. The summed E-state index contributed by atoms with van der Waals surface area (Å²) in [5.74, 6) is -0.275. The fourth-order valence-electron chi connectivity index (χ4n) is 2.65. The van der Waals surface area contributed by atoms with E-state index in [9.17, 15) is 13.2 Å². The third kappa shape index (κ3) is 4.38. The first-order chi connectivity index (χ1) is 13.3. The Balaban J connectivity index is 2.08. The number of nitrogen functional groups attached to an aromatic ring is 1. The van der Waals surface area contributed by atoms with Gasteiger partial charge >= 0.3 is 0 Å². The van der Waals surface area contributed by atoms with Crippen molar-refractivity contribution >= 4 is 38.6 Å². The van der Waals surface area contributed by atoms with Crippen LogP contribution in [0.4, 0.5) is 11.4 Å². The zero-order chi connectivity index (χ0) is 20.3. The highest BCUT2D eigenvalue weighted by Gasteiger charge is 2.21. The molecule has 2 aromatic carbocycles. The maximum Gasteiger partial charge on any atom is 0.241 e. The van der Waals surface area contributed by atoms with Crippen molar-refractivity contribution in [3.63, 3.8) is 0 Å². The lowest BCUT2D eigenvalue weighted by atomic mass is 10.2. The lowest BCUT2D eigenvalue weighted by Crippen LogP contribution is -2.24. The number of anilines is 2. The van der Waals surface area contributed by atoms with Crippen LogP contribution in [0, 0.1) is 0 Å². The smallest absolute Gasteiger partial charge is 0.241 e. The number of hydrogen-bond acceptors (Lipinski definition) is 6. The Morgan fingerprint density at radius 3 is 2.54 bits per heavy atom. The van der Waals surface area contributed by atoms with Crippen molar-refractivity contribution in [1.29, 1.82) is 0 Å². The van der Waals surface area contributed by atoms with Crippen LogP contribution in [0.2, 0.25) is 0 Å². The van der Waals surface area contributed by atoms with Crippen molar-refractivity contribution in [2.75, 3.05) is 17.6 Å². The van der Waals surface area contributed by atoms with E-state index in [4.69, 9.17) is 5.73 Å². The number of sulfonamides is 1. The molecule has 146 valence electrons. The topological polar surface area (TPSA) is 114 Å². The quantitative estimate of drug-likeness (QED) is 0.533. The number of carbonyl (C=O) groups excluding carboxylic acids is 1. The van der Waals surface area contributed by atoms with Crippen molar-refractivity contribution < 1.29 is 13.2 Å². The van der Waals surface area contributed by atoms with E-state index < -0.39 is 10.0 Å². The van der Waals surface area contributed by atoms with Crippen LogP contribution in [0.25, 0.3) is 21.0 Å². The number of amides is 1. The molecule has 0 aliphatic rings. The van der Waals surface area contributed by atoms with E-state index in [1.54, 1.807) is 37.4 Å². The zero-order valence-electron chi connectivity index (χ0n) is 15.4. The van der Waals surface area contributed by atoms with Gasteiger partial charge in [-0.3, -0.25) is 4.79 Å². The van der Waals surface area contributed by atoms with Crippen molar-refractivity contribution in [3.8, 4) is 21.0 Å². The summed E-state index contributed by atoms with van der Waals surface area (Å²) in [6, 6.07) is 12.1. The number of nitrogens with one attached hydrogen (secondary N) is 2. The molecule has 4 N–H and O–H groups in total. The monoisotopic (exact) mass is 416 g/mol. The average molecular weight is 417 g/mol. The lowest BCUT2D eigenvalue weighted by molar-refractivity contribution is -0.114. The molecule has 7 nitrogen and oxygen atoms in total. The lowest BCUT2D eigenvalue weighted by Gasteiger charge is -2.12. The van der Waals surface area contributed by atoms with Gasteiger partial charge in [0.05, 0.1) is 9.77 Å². The summed E-state index contributed by atoms with van der Waals surface area (Å²) in [5.41, 5.74) is 8.22. The minimum atomic E-state index is -3.75. The molecule has 0 saturated carbocycles. The highest BCUT2D eigenvalue weighted by Crippen LogP contribution is 2.36. The van der Waals surface area contributed by atoms with Gasteiger partial charge in [-0.05, 0) is 36.4 Å². The van der Waals surface area contributed by atoms with Crippen LogP contribution in [0.15, 0.2) is 53.6 Å². The van der Waals surface area contributed by atoms with Gasteiger partial charge in [-0.2, -0.15) is 0 Å². The van der Waals surface area contributed by atoms with Crippen LogP contribution >= 0.6 is 11.3 Å². The van der Waals surface area contributed by atoms with Crippen molar-refractivity contribution in [1.82, 2.24) is 9.71 Å². The van der Waals surface area contributed by atoms with Crippen LogP contribution < -0.4 is 15.8 Å². The molecule has 0 saturated heterocycles. The van der Waals surface area contributed by atoms with E-state index in [-0.39, 0.29) is 17.3 Å². The molecule has 1 amide bonds. The van der Waals surface area contributed by atoms with Crippen LogP contribution in [0.5, 0.6) is 0 Å². The first kappa shape index (κ1) is 20.0. The van der Waals surface area contributed by atoms with E-state index in [0.717, 1.165) is 10.6 Å². The molecule has 0 radical (unpaired) electrons. The second-order valence-electron chi connectivity index (χ2n) is 6.05. The molecule has 0 aliphatic carbocycles. The third-order valence-corrected chi connectivity index (χ3v) is 6.52. The number of nitrogens with two attached hydrogens (primary N) is 1. The van der Waals surface area contributed by atoms with Gasteiger partial charge in [-0.25, -0.2) is 18.1 Å². The minimum Gasteiger partial charge on any atom is -0.399 e. The van der Waals surface area contributed by atoms with E-state index in [2.05, 4.69) is 15.0 Å². The van der Waals surface area contributed by atoms with E-state index in [0.29, 0.717) is 21.8 Å². The van der Waals surface area contributed by atoms with Gasteiger partial charge in [0.15, 0.2) is 0 Å². The maximum atomic E-state index is 12.7. The number of benzene rings is 2. The van der Waals surface area contributed by atoms with Gasteiger partial charge in [0.25, 0.3) is 0 Å². The molecule has 0 atom stereocenters. The van der Waals surface area contributed by atoms with Crippen LogP contribution in [0.3, 0.4) is 0 Å². The van der Waals surface area contributed by atoms with Crippen molar-refractivity contribution in [2.45, 2.75) is 18.7 Å². The van der Waals surface area contributed by atoms with E-state index >= 15 is 0 Å². The average Bonchev–Trinajstić information content (AvgIpc) is 3.11. The summed E-state index contributed by atoms with van der Waals surface area (Å²) in [5, 5.41) is 3.38. The molecule has 0 fully saturated rings. The largest absolute Gasteiger partial charge is 0.399 e. The second kappa shape index (κ2) is 8.09. The number of rotatable bonds is 6. The maximum absolute atomic E-state index is 12.7. The molecule has 0 aliphatic heterocycles. The fraction of sp³-hybridized carbons (Fsp3) is 0.158. The summed E-state index contributed by atoms with van der Waals surface area (Å²) in [6.45, 7) is 3.33. The Hall–Kier alpha value is -2.75. The number of carbonyl (C=O) groups is 1. The van der Waals surface area contributed by atoms with Gasteiger partial charge in [0.2, 0.25) is 15.9 Å². The highest BCUT2D eigenvalue weighted by atomic mass is 32.2. The molecule has 1 aromatic heterocycles. The van der Waals surface area contributed by atoms with Crippen LogP contribution in [-0.2, 0) is 14.8 Å². The molecule has 1 heterocycles. The molecular weight excluding hydrogens is 396 g/mol. The van der Waals surface area contributed by atoms with Gasteiger partial charge in [-0.15, -0.1) is 11.3 Å². The van der Waals surface area contributed by atoms with Crippen LogP contribution in [0.1, 0.15) is 13.8 Å². The predicted octanol–water partition coefficient (Wildman–Crippen LogP) is 3.32. The zero-order valence-corrected chi connectivity index (χ0v) is 17.0. The van der Waals surface area contributed by atoms with Crippen molar-refractivity contribution in [3.05, 3.63) is 48.7 Å². The van der Waals surface area contributed by atoms with Gasteiger partial charge in [0.1, 0.15) is 5.01 Å². The summed E-state index contributed by atoms with van der Waals surface area (Å²) in [7, 11) is -3.75. The summed E-state index contributed by atoms with van der Waals surface area (Å²) < 4.78 is 28.0. The molecule has 9 heteroatoms. The molecule has 0 unspecified atom stereocenters.